The largest absolute Gasteiger partial charge is 0.493 e. The average Bonchev–Trinajstić information content (AvgIpc) is 2.71. The van der Waals surface area contributed by atoms with Gasteiger partial charge in [-0.3, -0.25) is 4.79 Å². The molecule has 0 aliphatic carbocycles. The van der Waals surface area contributed by atoms with Crippen molar-refractivity contribution in [2.45, 2.75) is 6.61 Å². The van der Waals surface area contributed by atoms with Crippen molar-refractivity contribution < 1.29 is 14.3 Å². The van der Waals surface area contributed by atoms with Gasteiger partial charge < -0.3 is 9.47 Å². The molecule has 0 spiro atoms. The minimum Gasteiger partial charge on any atom is -0.493 e. The van der Waals surface area contributed by atoms with Crippen LogP contribution in [0, 0.1) is 0 Å². The predicted octanol–water partition coefficient (Wildman–Crippen LogP) is 5.17. The Kier molecular flexibility index (Phi) is 5.84. The first-order valence-electron chi connectivity index (χ1n) is 8.38. The van der Waals surface area contributed by atoms with Gasteiger partial charge in [0, 0.05) is 5.56 Å². The number of ketones is 1. The number of ether oxygens (including phenoxy) is 2. The molecule has 0 aromatic heterocycles. The fourth-order valence-electron chi connectivity index (χ4n) is 2.51. The molecule has 0 heterocycles. The second-order valence-corrected chi connectivity index (χ2v) is 5.75. The van der Waals surface area contributed by atoms with E-state index in [1.54, 1.807) is 37.5 Å². The van der Waals surface area contributed by atoms with Crippen molar-refractivity contribution >= 4 is 11.9 Å². The van der Waals surface area contributed by atoms with Crippen molar-refractivity contribution in [3.05, 3.63) is 102 Å². The summed E-state index contributed by atoms with van der Waals surface area (Å²) in [6.45, 7) is 0.411. The van der Waals surface area contributed by atoms with Crippen molar-refractivity contribution in [1.82, 2.24) is 0 Å². The van der Waals surface area contributed by atoms with Crippen LogP contribution < -0.4 is 9.47 Å². The monoisotopic (exact) mass is 344 g/mol. The number of rotatable bonds is 7. The molecular formula is C23H20O3. The highest BCUT2D eigenvalue weighted by Gasteiger charge is 2.10. The van der Waals surface area contributed by atoms with Crippen LogP contribution in [0.5, 0.6) is 11.5 Å². The summed E-state index contributed by atoms with van der Waals surface area (Å²) in [7, 11) is 1.58. The number of allylic oxidation sites excluding steroid dienone is 1. The molecule has 3 aromatic rings. The highest BCUT2D eigenvalue weighted by Crippen LogP contribution is 2.29. The Morgan fingerprint density at radius 3 is 2.27 bits per heavy atom. The van der Waals surface area contributed by atoms with Crippen molar-refractivity contribution in [2.24, 2.45) is 0 Å². The normalized spacial score (nSPS) is 10.7. The summed E-state index contributed by atoms with van der Waals surface area (Å²) in [5.74, 6) is 1.07. The zero-order valence-electron chi connectivity index (χ0n) is 14.6. The smallest absolute Gasteiger partial charge is 0.185 e. The van der Waals surface area contributed by atoms with Crippen molar-refractivity contribution in [1.29, 1.82) is 0 Å². The zero-order chi connectivity index (χ0) is 18.2. The molecule has 0 aliphatic heterocycles. The van der Waals surface area contributed by atoms with Crippen LogP contribution in [0.15, 0.2) is 84.9 Å². The molecule has 0 saturated heterocycles. The van der Waals surface area contributed by atoms with Gasteiger partial charge in [0.1, 0.15) is 6.61 Å². The maximum absolute atomic E-state index is 12.5. The Morgan fingerprint density at radius 1 is 0.885 bits per heavy atom. The van der Waals surface area contributed by atoms with Gasteiger partial charge in [0.15, 0.2) is 17.3 Å². The second kappa shape index (κ2) is 8.67. The molecule has 0 saturated carbocycles. The summed E-state index contributed by atoms with van der Waals surface area (Å²) in [5.41, 5.74) is 2.59. The highest BCUT2D eigenvalue weighted by molar-refractivity contribution is 6.07. The van der Waals surface area contributed by atoms with E-state index in [0.717, 1.165) is 11.1 Å². The lowest BCUT2D eigenvalue weighted by Crippen LogP contribution is -2.00. The molecule has 3 heteroatoms. The molecule has 0 unspecified atom stereocenters. The van der Waals surface area contributed by atoms with E-state index in [1.807, 2.05) is 60.7 Å². The maximum atomic E-state index is 12.5. The first kappa shape index (κ1) is 17.5. The molecule has 3 rings (SSSR count). The van der Waals surface area contributed by atoms with Crippen LogP contribution in [-0.2, 0) is 6.61 Å². The number of methoxy groups -OCH3 is 1. The number of benzene rings is 3. The fourth-order valence-corrected chi connectivity index (χ4v) is 2.51. The molecule has 0 amide bonds. The maximum Gasteiger partial charge on any atom is 0.185 e. The van der Waals surface area contributed by atoms with E-state index in [0.29, 0.717) is 23.7 Å². The Hall–Kier alpha value is -3.33. The van der Waals surface area contributed by atoms with Gasteiger partial charge in [-0.25, -0.2) is 0 Å². The number of carbonyl (C=O) groups is 1. The van der Waals surface area contributed by atoms with E-state index in [4.69, 9.17) is 9.47 Å². The predicted molar refractivity (Wildman–Crippen MR) is 104 cm³/mol. The van der Waals surface area contributed by atoms with E-state index >= 15 is 0 Å². The molecule has 26 heavy (non-hydrogen) atoms. The van der Waals surface area contributed by atoms with Gasteiger partial charge in [-0.05, 0) is 35.4 Å². The Labute approximate surface area is 153 Å². The molecule has 0 radical (unpaired) electrons. The average molecular weight is 344 g/mol. The van der Waals surface area contributed by atoms with E-state index in [-0.39, 0.29) is 5.78 Å². The first-order valence-corrected chi connectivity index (χ1v) is 8.38. The molecule has 130 valence electrons. The topological polar surface area (TPSA) is 35.5 Å². The quantitative estimate of drug-likeness (QED) is 0.438. The molecule has 0 fully saturated rings. The Balaban J connectivity index is 1.75. The summed E-state index contributed by atoms with van der Waals surface area (Å²) in [6, 6.07) is 24.8. The van der Waals surface area contributed by atoms with Crippen LogP contribution in [0.1, 0.15) is 21.5 Å². The molecule has 0 N–H and O–H groups in total. The molecule has 0 atom stereocenters. The lowest BCUT2D eigenvalue weighted by molar-refractivity contribution is 0.104. The summed E-state index contributed by atoms with van der Waals surface area (Å²) in [4.78, 5) is 12.5. The minimum absolute atomic E-state index is 0.0823. The van der Waals surface area contributed by atoms with Gasteiger partial charge in [-0.15, -0.1) is 0 Å². The van der Waals surface area contributed by atoms with E-state index < -0.39 is 0 Å². The van der Waals surface area contributed by atoms with Crippen LogP contribution in [0.4, 0.5) is 0 Å². The minimum atomic E-state index is -0.0823. The van der Waals surface area contributed by atoms with Crippen molar-refractivity contribution in [3.63, 3.8) is 0 Å². The summed E-state index contributed by atoms with van der Waals surface area (Å²) < 4.78 is 11.2. The lowest BCUT2D eigenvalue weighted by Gasteiger charge is -2.11. The van der Waals surface area contributed by atoms with Gasteiger partial charge in [-0.2, -0.15) is 0 Å². The summed E-state index contributed by atoms with van der Waals surface area (Å²) in [6.07, 6.45) is 3.37. The molecule has 0 bridgehead atoms. The summed E-state index contributed by atoms with van der Waals surface area (Å²) in [5, 5.41) is 0. The third-order valence-corrected chi connectivity index (χ3v) is 3.91. The van der Waals surface area contributed by atoms with Gasteiger partial charge >= 0.3 is 0 Å². The van der Waals surface area contributed by atoms with Gasteiger partial charge in [0.05, 0.1) is 7.11 Å². The zero-order valence-corrected chi connectivity index (χ0v) is 14.6. The second-order valence-electron chi connectivity index (χ2n) is 5.75. The molecule has 0 aliphatic rings. The molecular weight excluding hydrogens is 324 g/mol. The third kappa shape index (κ3) is 4.61. The van der Waals surface area contributed by atoms with Crippen LogP contribution in [0.2, 0.25) is 0 Å². The van der Waals surface area contributed by atoms with Crippen LogP contribution in [0.3, 0.4) is 0 Å². The standard InChI is InChI=1S/C23H20O3/c1-25-22-15-13-20(21(24)14-12-18-8-4-2-5-9-18)16-23(22)26-17-19-10-6-3-7-11-19/h2-16H,17H2,1H3/b14-12+. The van der Waals surface area contributed by atoms with E-state index in [2.05, 4.69) is 0 Å². The van der Waals surface area contributed by atoms with Crippen LogP contribution in [0.25, 0.3) is 6.08 Å². The molecule has 3 aromatic carbocycles. The SMILES string of the molecule is COc1ccc(C(=O)/C=C/c2ccccc2)cc1OCc1ccccc1. The van der Waals surface area contributed by atoms with Crippen LogP contribution >= 0.6 is 0 Å². The van der Waals surface area contributed by atoms with Gasteiger partial charge in [-0.1, -0.05) is 66.7 Å². The van der Waals surface area contributed by atoms with Gasteiger partial charge in [0.25, 0.3) is 0 Å². The van der Waals surface area contributed by atoms with Crippen molar-refractivity contribution in [2.75, 3.05) is 7.11 Å². The number of hydrogen-bond donors (Lipinski definition) is 0. The number of hydrogen-bond acceptors (Lipinski definition) is 3. The lowest BCUT2D eigenvalue weighted by atomic mass is 10.1. The fraction of sp³-hybridized carbons (Fsp3) is 0.0870. The third-order valence-electron chi connectivity index (χ3n) is 3.91. The van der Waals surface area contributed by atoms with Gasteiger partial charge in [0.2, 0.25) is 0 Å². The number of carbonyl (C=O) groups excluding carboxylic acids is 1. The Morgan fingerprint density at radius 2 is 1.58 bits per heavy atom. The van der Waals surface area contributed by atoms with Crippen molar-refractivity contribution in [3.8, 4) is 11.5 Å². The first-order chi connectivity index (χ1) is 12.8. The highest BCUT2D eigenvalue weighted by atomic mass is 16.5. The van der Waals surface area contributed by atoms with E-state index in [9.17, 15) is 4.79 Å². The molecule has 3 nitrogen and oxygen atoms in total. The van der Waals surface area contributed by atoms with Crippen LogP contribution in [-0.4, -0.2) is 12.9 Å². The van der Waals surface area contributed by atoms with E-state index in [1.165, 1.54) is 0 Å². The Bertz CT molecular complexity index is 884. The summed E-state index contributed by atoms with van der Waals surface area (Å²) >= 11 is 0.